The van der Waals surface area contributed by atoms with Crippen LogP contribution in [0.2, 0.25) is 0 Å². The number of β-amino-alcohol motifs (C(OH)–C–C–N with tert-alkyl or cyclic N) is 1. The molecule has 1 heterocycles. The minimum atomic E-state index is -1.09. The highest BCUT2D eigenvalue weighted by molar-refractivity contribution is 5.83. The van der Waals surface area contributed by atoms with Crippen LogP contribution in [0.4, 0.5) is 4.79 Å². The summed E-state index contributed by atoms with van der Waals surface area (Å²) in [7, 11) is 0. The lowest BCUT2D eigenvalue weighted by Crippen LogP contribution is -2.46. The van der Waals surface area contributed by atoms with Crippen LogP contribution in [0.5, 0.6) is 0 Å². The van der Waals surface area contributed by atoms with E-state index in [1.165, 1.54) is 4.90 Å². The van der Waals surface area contributed by atoms with Crippen molar-refractivity contribution in [3.63, 3.8) is 0 Å². The largest absolute Gasteiger partial charge is 0.480 e. The van der Waals surface area contributed by atoms with Gasteiger partial charge < -0.3 is 25.2 Å². The Morgan fingerprint density at radius 3 is 2.79 bits per heavy atom. The van der Waals surface area contributed by atoms with E-state index in [-0.39, 0.29) is 13.0 Å². The van der Waals surface area contributed by atoms with Crippen LogP contribution < -0.4 is 5.32 Å². The molecular weight excluding hydrogens is 252 g/mol. The maximum absolute atomic E-state index is 11.8. The third-order valence-corrected chi connectivity index (χ3v) is 2.92. The first kappa shape index (κ1) is 15.7. The van der Waals surface area contributed by atoms with Crippen LogP contribution in [0.15, 0.2) is 0 Å². The van der Waals surface area contributed by atoms with Gasteiger partial charge in [0.05, 0.1) is 6.10 Å². The monoisotopic (exact) mass is 274 g/mol. The standard InChI is InChI=1S/C12H22N2O5/c1-2-5-19-6-3-4-13-12(18)14-8-9(15)7-10(14)11(16)17/h9-10,15H,2-8H2,1H3,(H,13,18)(H,16,17)/t9-,10-/m1/s1. The molecule has 7 heteroatoms. The summed E-state index contributed by atoms with van der Waals surface area (Å²) in [6.07, 6.45) is 0.959. The zero-order valence-corrected chi connectivity index (χ0v) is 11.2. The highest BCUT2D eigenvalue weighted by atomic mass is 16.5. The SMILES string of the molecule is CCCOCCCNC(=O)N1C[C@H](O)C[C@@H]1C(=O)O. The summed E-state index contributed by atoms with van der Waals surface area (Å²) in [5.41, 5.74) is 0. The summed E-state index contributed by atoms with van der Waals surface area (Å²) in [6, 6.07) is -1.38. The van der Waals surface area contributed by atoms with Gasteiger partial charge in [0.1, 0.15) is 6.04 Å². The van der Waals surface area contributed by atoms with Crippen molar-refractivity contribution >= 4 is 12.0 Å². The molecule has 0 unspecified atom stereocenters. The Bertz CT molecular complexity index is 310. The molecule has 0 saturated carbocycles. The quantitative estimate of drug-likeness (QED) is 0.569. The highest BCUT2D eigenvalue weighted by Crippen LogP contribution is 2.17. The van der Waals surface area contributed by atoms with Gasteiger partial charge >= 0.3 is 12.0 Å². The molecule has 3 N–H and O–H groups in total. The second kappa shape index (κ2) is 7.96. The highest BCUT2D eigenvalue weighted by Gasteiger charge is 2.38. The maximum atomic E-state index is 11.8. The molecule has 1 aliphatic heterocycles. The third kappa shape index (κ3) is 5.04. The predicted octanol–water partition coefficient (Wildman–Crippen LogP) is 0.0325. The molecule has 0 radical (unpaired) electrons. The Kier molecular flexibility index (Phi) is 6.58. The zero-order valence-electron chi connectivity index (χ0n) is 11.2. The summed E-state index contributed by atoms with van der Waals surface area (Å²) in [5, 5.41) is 21.0. The molecule has 2 amide bonds. The number of ether oxygens (including phenoxy) is 1. The topological polar surface area (TPSA) is 99.1 Å². The number of nitrogens with one attached hydrogen (secondary N) is 1. The van der Waals surface area contributed by atoms with E-state index in [9.17, 15) is 14.7 Å². The third-order valence-electron chi connectivity index (χ3n) is 2.92. The molecular formula is C12H22N2O5. The molecule has 1 fully saturated rings. The van der Waals surface area contributed by atoms with Gasteiger partial charge in [-0.25, -0.2) is 9.59 Å². The number of aliphatic carboxylic acids is 1. The number of carbonyl (C=O) groups excluding carboxylic acids is 1. The van der Waals surface area contributed by atoms with Crippen molar-refractivity contribution in [1.82, 2.24) is 10.2 Å². The molecule has 2 atom stereocenters. The number of carboxylic acid groups (broad SMARTS) is 1. The number of rotatable bonds is 7. The van der Waals surface area contributed by atoms with Crippen molar-refractivity contribution < 1.29 is 24.5 Å². The second-order valence-corrected chi connectivity index (χ2v) is 4.59. The predicted molar refractivity (Wildman–Crippen MR) is 67.9 cm³/mol. The fourth-order valence-electron chi connectivity index (χ4n) is 1.99. The van der Waals surface area contributed by atoms with Gasteiger partial charge in [0.2, 0.25) is 0 Å². The first-order valence-electron chi connectivity index (χ1n) is 6.59. The molecule has 0 spiro atoms. The Balaban J connectivity index is 2.26. The van der Waals surface area contributed by atoms with E-state index in [1.807, 2.05) is 6.92 Å². The van der Waals surface area contributed by atoms with E-state index in [0.29, 0.717) is 26.2 Å². The zero-order chi connectivity index (χ0) is 14.3. The Hall–Kier alpha value is -1.34. The van der Waals surface area contributed by atoms with Crippen LogP contribution in [0.1, 0.15) is 26.2 Å². The van der Waals surface area contributed by atoms with Crippen LogP contribution in [-0.2, 0) is 9.53 Å². The Morgan fingerprint density at radius 1 is 1.42 bits per heavy atom. The van der Waals surface area contributed by atoms with Crippen molar-refractivity contribution in [2.45, 2.75) is 38.3 Å². The van der Waals surface area contributed by atoms with Crippen LogP contribution in [0, 0.1) is 0 Å². The molecule has 0 bridgehead atoms. The van der Waals surface area contributed by atoms with Crippen LogP contribution >= 0.6 is 0 Å². The molecule has 7 nitrogen and oxygen atoms in total. The van der Waals surface area contributed by atoms with Crippen molar-refractivity contribution in [2.24, 2.45) is 0 Å². The fourth-order valence-corrected chi connectivity index (χ4v) is 1.99. The number of aliphatic hydroxyl groups is 1. The number of amides is 2. The summed E-state index contributed by atoms with van der Waals surface area (Å²) in [6.45, 7) is 3.79. The van der Waals surface area contributed by atoms with Gasteiger partial charge in [0.25, 0.3) is 0 Å². The lowest BCUT2D eigenvalue weighted by molar-refractivity contribution is -0.141. The minimum absolute atomic E-state index is 0.0646. The van der Waals surface area contributed by atoms with Gasteiger partial charge in [-0.1, -0.05) is 6.92 Å². The van der Waals surface area contributed by atoms with E-state index < -0.39 is 24.1 Å². The second-order valence-electron chi connectivity index (χ2n) is 4.59. The van der Waals surface area contributed by atoms with Gasteiger partial charge in [-0.2, -0.15) is 0 Å². The first-order chi connectivity index (χ1) is 9.06. The van der Waals surface area contributed by atoms with Gasteiger partial charge in [-0.3, -0.25) is 0 Å². The lowest BCUT2D eigenvalue weighted by Gasteiger charge is -2.21. The summed E-state index contributed by atoms with van der Waals surface area (Å²) in [4.78, 5) is 23.9. The number of hydrogen-bond acceptors (Lipinski definition) is 4. The van der Waals surface area contributed by atoms with Crippen molar-refractivity contribution in [1.29, 1.82) is 0 Å². The summed E-state index contributed by atoms with van der Waals surface area (Å²) < 4.78 is 5.27. The van der Waals surface area contributed by atoms with Crippen molar-refractivity contribution in [3.05, 3.63) is 0 Å². The van der Waals surface area contributed by atoms with E-state index in [4.69, 9.17) is 9.84 Å². The molecule has 1 saturated heterocycles. The molecule has 110 valence electrons. The molecule has 1 aliphatic rings. The lowest BCUT2D eigenvalue weighted by atomic mass is 10.2. The molecule has 0 aliphatic carbocycles. The van der Waals surface area contributed by atoms with Gasteiger partial charge in [-0.05, 0) is 12.8 Å². The van der Waals surface area contributed by atoms with Crippen molar-refractivity contribution in [2.75, 3.05) is 26.3 Å². The first-order valence-corrected chi connectivity index (χ1v) is 6.59. The van der Waals surface area contributed by atoms with Crippen molar-refractivity contribution in [3.8, 4) is 0 Å². The minimum Gasteiger partial charge on any atom is -0.480 e. The average molecular weight is 274 g/mol. The number of nitrogens with zero attached hydrogens (tertiary/aromatic N) is 1. The average Bonchev–Trinajstić information content (AvgIpc) is 2.76. The van der Waals surface area contributed by atoms with Gasteiger partial charge in [0.15, 0.2) is 0 Å². The molecule has 0 aromatic heterocycles. The summed E-state index contributed by atoms with van der Waals surface area (Å²) in [5.74, 6) is -1.09. The smallest absolute Gasteiger partial charge is 0.326 e. The summed E-state index contributed by atoms with van der Waals surface area (Å²) >= 11 is 0. The van der Waals surface area contributed by atoms with Crippen LogP contribution in [0.3, 0.4) is 0 Å². The number of likely N-dealkylation sites (tertiary alicyclic amines) is 1. The molecule has 1 rings (SSSR count). The van der Waals surface area contributed by atoms with E-state index in [1.54, 1.807) is 0 Å². The number of carbonyl (C=O) groups is 2. The van der Waals surface area contributed by atoms with E-state index in [0.717, 1.165) is 6.42 Å². The number of carboxylic acids is 1. The van der Waals surface area contributed by atoms with Crippen LogP contribution in [0.25, 0.3) is 0 Å². The Labute approximate surface area is 112 Å². The molecule has 19 heavy (non-hydrogen) atoms. The van der Waals surface area contributed by atoms with Gasteiger partial charge in [-0.15, -0.1) is 0 Å². The fraction of sp³-hybridized carbons (Fsp3) is 0.833. The van der Waals surface area contributed by atoms with E-state index >= 15 is 0 Å². The molecule has 0 aromatic carbocycles. The maximum Gasteiger partial charge on any atom is 0.326 e. The van der Waals surface area contributed by atoms with Gasteiger partial charge in [0, 0.05) is 32.7 Å². The number of aliphatic hydroxyl groups excluding tert-OH is 1. The molecule has 0 aromatic rings. The Morgan fingerprint density at radius 2 is 2.16 bits per heavy atom. The van der Waals surface area contributed by atoms with Crippen LogP contribution in [-0.4, -0.2) is 65.6 Å². The normalized spacial score (nSPS) is 22.5. The van der Waals surface area contributed by atoms with E-state index in [2.05, 4.69) is 5.32 Å². The number of hydrogen-bond donors (Lipinski definition) is 3. The number of urea groups is 1.